The minimum Gasteiger partial charge on any atom is -0.485 e. The van der Waals surface area contributed by atoms with Gasteiger partial charge in [0.05, 0.1) is 29.1 Å². The van der Waals surface area contributed by atoms with Crippen LogP contribution in [-0.4, -0.2) is 35.4 Å². The Morgan fingerprint density at radius 3 is 2.79 bits per heavy atom. The van der Waals surface area contributed by atoms with E-state index in [1.165, 1.54) is 18.2 Å². The van der Waals surface area contributed by atoms with Gasteiger partial charge in [-0.05, 0) is 42.8 Å². The van der Waals surface area contributed by atoms with Crippen molar-refractivity contribution in [1.29, 1.82) is 0 Å². The average Bonchev–Trinajstić information content (AvgIpc) is 3.26. The second-order valence-corrected chi connectivity index (χ2v) is 6.47. The fraction of sp³-hybridized carbons (Fsp3) is 0.263. The molecule has 2 aromatic carbocycles. The van der Waals surface area contributed by atoms with Gasteiger partial charge in [-0.2, -0.15) is 0 Å². The van der Waals surface area contributed by atoms with Gasteiger partial charge >= 0.3 is 6.09 Å². The molecule has 0 spiro atoms. The number of fused-ring (bicyclic) bond motifs is 1. The monoisotopic (exact) mass is 391 g/mol. The van der Waals surface area contributed by atoms with Crippen molar-refractivity contribution in [1.82, 2.24) is 9.97 Å². The molecule has 0 saturated carbocycles. The number of carbonyl (C=O) groups is 1. The molecule has 146 valence electrons. The van der Waals surface area contributed by atoms with Gasteiger partial charge < -0.3 is 14.5 Å². The van der Waals surface area contributed by atoms with E-state index in [2.05, 4.69) is 9.97 Å². The van der Waals surface area contributed by atoms with E-state index >= 15 is 0 Å². The number of aromatic nitrogens is 2. The maximum atomic E-state index is 14.4. The van der Waals surface area contributed by atoms with Crippen molar-refractivity contribution in [3.8, 4) is 5.75 Å². The summed E-state index contributed by atoms with van der Waals surface area (Å²) in [5.41, 5.74) is 2.12. The number of cyclic esters (lactones) is 1. The Kier molecular flexibility index (Phi) is 4.58. The predicted molar refractivity (Wildman–Crippen MR) is 95.1 cm³/mol. The normalized spacial score (nSPS) is 17.8. The van der Waals surface area contributed by atoms with Crippen LogP contribution in [0.15, 0.2) is 36.7 Å². The second kappa shape index (κ2) is 7.06. The van der Waals surface area contributed by atoms with Crippen molar-refractivity contribution in [2.24, 2.45) is 0 Å². The number of hydrogen-bond donors (Lipinski definition) is 1. The molecule has 0 bridgehead atoms. The fourth-order valence-electron chi connectivity index (χ4n) is 3.13. The van der Waals surface area contributed by atoms with Crippen molar-refractivity contribution < 1.29 is 27.4 Å². The predicted octanol–water partition coefficient (Wildman–Crippen LogP) is 4.28. The largest absolute Gasteiger partial charge is 0.485 e. The van der Waals surface area contributed by atoms with Gasteiger partial charge in [-0.3, -0.25) is 4.90 Å². The van der Waals surface area contributed by atoms with Gasteiger partial charge in [0.25, 0.3) is 0 Å². The lowest BCUT2D eigenvalue weighted by Gasteiger charge is -2.22. The number of amides is 1. The molecule has 2 heterocycles. The quantitative estimate of drug-likeness (QED) is 0.705. The number of halogens is 3. The summed E-state index contributed by atoms with van der Waals surface area (Å²) in [7, 11) is 0. The zero-order chi connectivity index (χ0) is 19.8. The molecule has 4 rings (SSSR count). The Hall–Kier alpha value is -3.23. The molecule has 3 aromatic rings. The molecule has 1 amide bonds. The number of ether oxygens (including phenoxy) is 2. The van der Waals surface area contributed by atoms with Crippen molar-refractivity contribution in [2.75, 3.05) is 18.1 Å². The van der Waals surface area contributed by atoms with E-state index in [1.807, 2.05) is 0 Å². The molecule has 2 atom stereocenters. The molecule has 1 aliphatic rings. The molecule has 1 aliphatic heterocycles. The maximum absolute atomic E-state index is 14.4. The minimum absolute atomic E-state index is 0.0690. The van der Waals surface area contributed by atoms with Gasteiger partial charge in [-0.25, -0.2) is 22.9 Å². The summed E-state index contributed by atoms with van der Waals surface area (Å²) < 4.78 is 51.6. The number of nitrogens with one attached hydrogen (secondary N) is 1. The maximum Gasteiger partial charge on any atom is 0.415 e. The Morgan fingerprint density at radius 1 is 1.32 bits per heavy atom. The first-order valence-electron chi connectivity index (χ1n) is 8.59. The van der Waals surface area contributed by atoms with Gasteiger partial charge in [0.1, 0.15) is 19.4 Å². The number of rotatable bonds is 5. The standard InChI is InChI=1S/C19H16F3N3O3/c1-10(20)7-27-18-13(21)4-11(5-14(18)22)17-8-28-19(26)25(17)12-2-3-15-16(6-12)24-9-23-15/h2-6,9-10,17H,7-8H2,1H3,(H,23,24)/t10?,17-/m1/s1. The first kappa shape index (κ1) is 18.1. The van der Waals surface area contributed by atoms with Gasteiger partial charge in [0.2, 0.25) is 0 Å². The third-order valence-corrected chi connectivity index (χ3v) is 4.42. The molecule has 0 aliphatic carbocycles. The molecule has 28 heavy (non-hydrogen) atoms. The number of H-pyrrole nitrogens is 1. The number of nitrogens with zero attached hydrogens (tertiary/aromatic N) is 2. The van der Waals surface area contributed by atoms with Crippen LogP contribution in [0.3, 0.4) is 0 Å². The van der Waals surface area contributed by atoms with Gasteiger partial charge in [0, 0.05) is 0 Å². The number of hydrogen-bond acceptors (Lipinski definition) is 4. The van der Waals surface area contributed by atoms with E-state index in [4.69, 9.17) is 9.47 Å². The molecular formula is C19H16F3N3O3. The van der Waals surface area contributed by atoms with Crippen LogP contribution in [0.5, 0.6) is 5.75 Å². The number of carbonyl (C=O) groups excluding carboxylic acids is 1. The highest BCUT2D eigenvalue weighted by Crippen LogP contribution is 2.36. The Bertz CT molecular complexity index is 1010. The summed E-state index contributed by atoms with van der Waals surface area (Å²) in [5.74, 6) is -2.60. The van der Waals surface area contributed by atoms with Crippen LogP contribution in [0.2, 0.25) is 0 Å². The summed E-state index contributed by atoms with van der Waals surface area (Å²) in [5, 5.41) is 0. The van der Waals surface area contributed by atoms with Gasteiger partial charge in [-0.1, -0.05) is 0 Å². The highest BCUT2D eigenvalue weighted by molar-refractivity contribution is 5.93. The molecular weight excluding hydrogens is 375 g/mol. The number of anilines is 1. The van der Waals surface area contributed by atoms with Crippen molar-refractivity contribution >= 4 is 22.8 Å². The lowest BCUT2D eigenvalue weighted by Crippen LogP contribution is -2.27. The summed E-state index contributed by atoms with van der Waals surface area (Å²) >= 11 is 0. The van der Waals surface area contributed by atoms with Crippen LogP contribution in [0, 0.1) is 11.6 Å². The molecule has 1 aromatic heterocycles. The van der Waals surface area contributed by atoms with Gasteiger partial charge in [0.15, 0.2) is 17.4 Å². The SMILES string of the molecule is CC(F)COc1c(F)cc([C@H]2COC(=O)N2c2ccc3nc[nH]c3c2)cc1F. The third kappa shape index (κ3) is 3.23. The van der Waals surface area contributed by atoms with Crippen molar-refractivity contribution in [3.05, 3.63) is 53.9 Å². The van der Waals surface area contributed by atoms with E-state index < -0.39 is 42.3 Å². The van der Waals surface area contributed by atoms with E-state index in [0.29, 0.717) is 16.7 Å². The molecule has 1 N–H and O–H groups in total. The number of benzene rings is 2. The highest BCUT2D eigenvalue weighted by Gasteiger charge is 2.36. The van der Waals surface area contributed by atoms with Crippen LogP contribution < -0.4 is 9.64 Å². The van der Waals surface area contributed by atoms with Crippen molar-refractivity contribution in [3.63, 3.8) is 0 Å². The minimum atomic E-state index is -1.37. The zero-order valence-electron chi connectivity index (χ0n) is 14.8. The van der Waals surface area contributed by atoms with E-state index in [1.54, 1.807) is 18.2 Å². The number of imidazole rings is 1. The lowest BCUT2D eigenvalue weighted by molar-refractivity contribution is 0.179. The Labute approximate surface area is 157 Å². The smallest absolute Gasteiger partial charge is 0.415 e. The second-order valence-electron chi connectivity index (χ2n) is 6.47. The van der Waals surface area contributed by atoms with Crippen LogP contribution in [0.4, 0.5) is 23.7 Å². The Balaban J connectivity index is 1.68. The first-order valence-corrected chi connectivity index (χ1v) is 8.59. The van der Waals surface area contributed by atoms with Gasteiger partial charge in [-0.15, -0.1) is 0 Å². The summed E-state index contributed by atoms with van der Waals surface area (Å²) in [6.45, 7) is 0.690. The molecule has 1 fully saturated rings. The summed E-state index contributed by atoms with van der Waals surface area (Å²) in [6.07, 6.45) is -0.473. The lowest BCUT2D eigenvalue weighted by atomic mass is 10.0. The molecule has 1 saturated heterocycles. The Morgan fingerprint density at radius 2 is 2.07 bits per heavy atom. The molecule has 6 nitrogen and oxygen atoms in total. The zero-order valence-corrected chi connectivity index (χ0v) is 14.8. The van der Waals surface area contributed by atoms with E-state index in [9.17, 15) is 18.0 Å². The number of aromatic amines is 1. The average molecular weight is 391 g/mol. The van der Waals surface area contributed by atoms with Crippen molar-refractivity contribution in [2.45, 2.75) is 19.1 Å². The van der Waals surface area contributed by atoms with Crippen LogP contribution in [-0.2, 0) is 4.74 Å². The highest BCUT2D eigenvalue weighted by atomic mass is 19.1. The third-order valence-electron chi connectivity index (χ3n) is 4.42. The fourth-order valence-corrected chi connectivity index (χ4v) is 3.13. The topological polar surface area (TPSA) is 67.5 Å². The van der Waals surface area contributed by atoms with E-state index in [-0.39, 0.29) is 12.2 Å². The first-order chi connectivity index (χ1) is 13.4. The summed E-state index contributed by atoms with van der Waals surface area (Å²) in [6, 6.07) is 6.50. The molecule has 1 unspecified atom stereocenters. The summed E-state index contributed by atoms with van der Waals surface area (Å²) in [4.78, 5) is 20.6. The van der Waals surface area contributed by atoms with Crippen LogP contribution in [0.1, 0.15) is 18.5 Å². The van der Waals surface area contributed by atoms with Crippen LogP contribution >= 0.6 is 0 Å². The van der Waals surface area contributed by atoms with Crippen LogP contribution in [0.25, 0.3) is 11.0 Å². The van der Waals surface area contributed by atoms with E-state index in [0.717, 1.165) is 12.1 Å². The molecule has 9 heteroatoms. The number of alkyl halides is 1. The molecule has 0 radical (unpaired) electrons.